The lowest BCUT2D eigenvalue weighted by Gasteiger charge is -2.26. The van der Waals surface area contributed by atoms with Crippen LogP contribution in [0.15, 0.2) is 47.8 Å². The number of allylic oxidation sites excluding steroid dienone is 3. The average molecular weight is 438 g/mol. The first-order chi connectivity index (χ1) is 14.3. The van der Waals surface area contributed by atoms with Gasteiger partial charge in [0.1, 0.15) is 6.29 Å². The second kappa shape index (κ2) is 16.6. The number of likely N-dealkylation sites (N-methyl/N-ethyl adjacent to an activating group) is 2. The highest BCUT2D eigenvalue weighted by Crippen LogP contribution is 2.23. The first kappa shape index (κ1) is 27.8. The molecule has 0 aliphatic heterocycles. The SMILES string of the molecule is CNC.COCCN(C)/C=C\C(C)=C(/C=O)N(C)CC(CC=O)c1ccc(Cl)cc1. The third-order valence-corrected chi connectivity index (χ3v) is 4.62. The molecule has 0 aromatic heterocycles. The molecule has 7 heteroatoms. The lowest BCUT2D eigenvalue weighted by molar-refractivity contribution is -0.108. The maximum Gasteiger partial charge on any atom is 0.166 e. The fourth-order valence-corrected chi connectivity index (χ4v) is 2.84. The molecule has 0 aliphatic rings. The van der Waals surface area contributed by atoms with Crippen LogP contribution in [0.5, 0.6) is 0 Å². The molecule has 1 aromatic rings. The van der Waals surface area contributed by atoms with Gasteiger partial charge in [0.05, 0.1) is 12.3 Å². The first-order valence-electron chi connectivity index (χ1n) is 9.86. The second-order valence-electron chi connectivity index (χ2n) is 7.01. The van der Waals surface area contributed by atoms with Gasteiger partial charge in [0.15, 0.2) is 6.29 Å². The number of carbonyl (C=O) groups is 2. The molecular formula is C23H36ClN3O3. The number of aldehydes is 2. The Bertz CT molecular complexity index is 675. The summed E-state index contributed by atoms with van der Waals surface area (Å²) in [6.07, 6.45) is 5.98. The van der Waals surface area contributed by atoms with Crippen molar-refractivity contribution in [2.24, 2.45) is 0 Å². The summed E-state index contributed by atoms with van der Waals surface area (Å²) in [6, 6.07) is 7.47. The Kier molecular flexibility index (Phi) is 15.4. The molecule has 0 bridgehead atoms. The van der Waals surface area contributed by atoms with Gasteiger partial charge >= 0.3 is 0 Å². The summed E-state index contributed by atoms with van der Waals surface area (Å²) >= 11 is 5.95. The summed E-state index contributed by atoms with van der Waals surface area (Å²) in [7, 11) is 9.23. The van der Waals surface area contributed by atoms with Crippen LogP contribution in [-0.2, 0) is 14.3 Å². The smallest absolute Gasteiger partial charge is 0.166 e. The molecule has 1 rings (SSSR count). The minimum absolute atomic E-state index is 0.0131. The first-order valence-corrected chi connectivity index (χ1v) is 10.2. The third-order valence-electron chi connectivity index (χ3n) is 4.37. The van der Waals surface area contributed by atoms with E-state index in [4.69, 9.17) is 16.3 Å². The Morgan fingerprint density at radius 1 is 1.20 bits per heavy atom. The molecule has 1 aromatic carbocycles. The summed E-state index contributed by atoms with van der Waals surface area (Å²) in [4.78, 5) is 26.7. The molecule has 0 spiro atoms. The number of hydrogen-bond donors (Lipinski definition) is 1. The van der Waals surface area contributed by atoms with Crippen LogP contribution >= 0.6 is 11.6 Å². The highest BCUT2D eigenvalue weighted by molar-refractivity contribution is 6.30. The highest BCUT2D eigenvalue weighted by Gasteiger charge is 2.16. The van der Waals surface area contributed by atoms with E-state index in [2.05, 4.69) is 5.32 Å². The normalized spacial score (nSPS) is 12.5. The lowest BCUT2D eigenvalue weighted by Crippen LogP contribution is -2.26. The second-order valence-corrected chi connectivity index (χ2v) is 7.44. The largest absolute Gasteiger partial charge is 0.383 e. The van der Waals surface area contributed by atoms with Crippen molar-refractivity contribution in [2.45, 2.75) is 19.3 Å². The number of nitrogens with one attached hydrogen (secondary N) is 1. The van der Waals surface area contributed by atoms with E-state index < -0.39 is 0 Å². The molecule has 6 nitrogen and oxygen atoms in total. The molecule has 0 aliphatic carbocycles. The number of rotatable bonds is 12. The van der Waals surface area contributed by atoms with E-state index in [0.717, 1.165) is 30.3 Å². The van der Waals surface area contributed by atoms with Gasteiger partial charge in [0, 0.05) is 51.7 Å². The minimum Gasteiger partial charge on any atom is -0.383 e. The van der Waals surface area contributed by atoms with Crippen LogP contribution in [0.4, 0.5) is 0 Å². The molecule has 0 heterocycles. The van der Waals surface area contributed by atoms with Crippen molar-refractivity contribution in [2.75, 3.05) is 55.0 Å². The number of ether oxygens (including phenoxy) is 1. The third kappa shape index (κ3) is 11.1. The van der Waals surface area contributed by atoms with Crippen LogP contribution in [0.3, 0.4) is 0 Å². The van der Waals surface area contributed by atoms with E-state index in [-0.39, 0.29) is 5.92 Å². The Balaban J connectivity index is 0.00000263. The van der Waals surface area contributed by atoms with Crippen LogP contribution in [0, 0.1) is 0 Å². The fourth-order valence-electron chi connectivity index (χ4n) is 2.71. The Hall–Kier alpha value is -2.15. The van der Waals surface area contributed by atoms with Crippen LogP contribution in [0.2, 0.25) is 5.02 Å². The Morgan fingerprint density at radius 3 is 2.30 bits per heavy atom. The standard InChI is InChI=1S/C21H29ClN2O3.C2H7N/c1-17(9-11-23(2)12-14-27-4)21(16-26)24(3)15-19(10-13-25)18-5-7-20(22)8-6-18;1-3-2/h5-9,11,13,16,19H,10,12,14-15H2,1-4H3;3H,1-2H3/b11-9-,21-17+;. The summed E-state index contributed by atoms with van der Waals surface area (Å²) in [5, 5.41) is 3.41. The topological polar surface area (TPSA) is 61.9 Å². The molecule has 1 N–H and O–H groups in total. The lowest BCUT2D eigenvalue weighted by atomic mass is 9.95. The number of methoxy groups -OCH3 is 1. The van der Waals surface area contributed by atoms with E-state index in [1.54, 1.807) is 7.11 Å². The van der Waals surface area contributed by atoms with E-state index in [1.165, 1.54) is 0 Å². The maximum absolute atomic E-state index is 11.7. The quantitative estimate of drug-likeness (QED) is 0.307. The summed E-state index contributed by atoms with van der Waals surface area (Å²) in [5.74, 6) is -0.0131. The van der Waals surface area contributed by atoms with Crippen LogP contribution in [0.1, 0.15) is 24.8 Å². The maximum atomic E-state index is 11.7. The molecule has 0 saturated carbocycles. The van der Waals surface area contributed by atoms with Crippen molar-refractivity contribution in [3.8, 4) is 0 Å². The fraction of sp³-hybridized carbons (Fsp3) is 0.478. The van der Waals surface area contributed by atoms with Gasteiger partial charge in [0.2, 0.25) is 0 Å². The van der Waals surface area contributed by atoms with Gasteiger partial charge in [-0.1, -0.05) is 23.7 Å². The molecular weight excluding hydrogens is 402 g/mol. The zero-order valence-electron chi connectivity index (χ0n) is 19.0. The number of carbonyl (C=O) groups excluding carboxylic acids is 2. The molecule has 0 amide bonds. The van der Waals surface area contributed by atoms with E-state index in [0.29, 0.717) is 30.3 Å². The van der Waals surface area contributed by atoms with Crippen LogP contribution in [0.25, 0.3) is 0 Å². The van der Waals surface area contributed by atoms with Gasteiger partial charge in [-0.25, -0.2) is 0 Å². The van der Waals surface area contributed by atoms with Gasteiger partial charge in [-0.15, -0.1) is 0 Å². The van der Waals surface area contributed by atoms with Gasteiger partial charge in [-0.3, -0.25) is 4.79 Å². The van der Waals surface area contributed by atoms with Crippen molar-refractivity contribution >= 4 is 24.2 Å². The van der Waals surface area contributed by atoms with Crippen LogP contribution < -0.4 is 5.32 Å². The zero-order valence-corrected chi connectivity index (χ0v) is 19.8. The predicted molar refractivity (Wildman–Crippen MR) is 125 cm³/mol. The Labute approximate surface area is 186 Å². The monoisotopic (exact) mass is 437 g/mol. The summed E-state index contributed by atoms with van der Waals surface area (Å²) in [5.41, 5.74) is 2.48. The van der Waals surface area contributed by atoms with Crippen LogP contribution in [-0.4, -0.2) is 77.4 Å². The number of nitrogens with zero attached hydrogens (tertiary/aromatic N) is 2. The average Bonchev–Trinajstić information content (AvgIpc) is 2.72. The van der Waals surface area contributed by atoms with E-state index in [9.17, 15) is 9.59 Å². The van der Waals surface area contributed by atoms with Crippen molar-refractivity contribution in [3.05, 3.63) is 58.4 Å². The van der Waals surface area contributed by atoms with Gasteiger partial charge < -0.3 is 24.6 Å². The van der Waals surface area contributed by atoms with E-state index in [1.807, 2.05) is 81.5 Å². The molecule has 1 unspecified atom stereocenters. The number of benzene rings is 1. The van der Waals surface area contributed by atoms with Gasteiger partial charge in [0.25, 0.3) is 0 Å². The molecule has 168 valence electrons. The summed E-state index contributed by atoms with van der Waals surface area (Å²) in [6.45, 7) is 3.86. The number of hydrogen-bond acceptors (Lipinski definition) is 6. The van der Waals surface area contributed by atoms with E-state index >= 15 is 0 Å². The number of halogens is 1. The minimum atomic E-state index is -0.0131. The molecule has 0 fully saturated rings. The van der Waals surface area contributed by atoms with Crippen molar-refractivity contribution in [1.29, 1.82) is 0 Å². The Morgan fingerprint density at radius 2 is 1.80 bits per heavy atom. The van der Waals surface area contributed by atoms with Crippen molar-refractivity contribution in [1.82, 2.24) is 15.1 Å². The highest BCUT2D eigenvalue weighted by atomic mass is 35.5. The molecule has 30 heavy (non-hydrogen) atoms. The van der Waals surface area contributed by atoms with Gasteiger partial charge in [-0.05, 0) is 56.6 Å². The molecule has 1 atom stereocenters. The molecule has 0 radical (unpaired) electrons. The van der Waals surface area contributed by atoms with Crippen molar-refractivity contribution in [3.63, 3.8) is 0 Å². The zero-order chi connectivity index (χ0) is 22.9. The predicted octanol–water partition coefficient (Wildman–Crippen LogP) is 3.34. The van der Waals surface area contributed by atoms with Gasteiger partial charge in [-0.2, -0.15) is 0 Å². The molecule has 0 saturated heterocycles. The summed E-state index contributed by atoms with van der Waals surface area (Å²) < 4.78 is 5.05. The van der Waals surface area contributed by atoms with Crippen molar-refractivity contribution < 1.29 is 14.3 Å².